The van der Waals surface area contributed by atoms with E-state index >= 15 is 0 Å². The zero-order valence-corrected chi connectivity index (χ0v) is 13.7. The molecule has 1 atom stereocenters. The average molecular weight is 340 g/mol. The molecule has 1 fully saturated rings. The van der Waals surface area contributed by atoms with Crippen LogP contribution in [0.2, 0.25) is 0 Å². The standard InChI is InChI=1S/C13H16N4O3S2/c1-13(5-7-22(19,20)9-13)14-11(18)8-21-12-16-15-10-4-2-3-6-17(10)12/h2-4,6H,5,7-9H2,1H3,(H,14,18)/t13-/m0/s1. The van der Waals surface area contributed by atoms with E-state index in [4.69, 9.17) is 0 Å². The van der Waals surface area contributed by atoms with Gasteiger partial charge in [0.1, 0.15) is 0 Å². The molecule has 22 heavy (non-hydrogen) atoms. The lowest BCUT2D eigenvalue weighted by atomic mass is 10.0. The monoisotopic (exact) mass is 340 g/mol. The van der Waals surface area contributed by atoms with Gasteiger partial charge in [-0.3, -0.25) is 9.20 Å². The maximum absolute atomic E-state index is 12.1. The van der Waals surface area contributed by atoms with Crippen molar-refractivity contribution >= 4 is 33.2 Å². The summed E-state index contributed by atoms with van der Waals surface area (Å²) >= 11 is 1.27. The van der Waals surface area contributed by atoms with Gasteiger partial charge in [-0.2, -0.15) is 0 Å². The first-order chi connectivity index (χ1) is 10.4. The summed E-state index contributed by atoms with van der Waals surface area (Å²) in [7, 11) is -3.03. The van der Waals surface area contributed by atoms with E-state index in [1.807, 2.05) is 24.4 Å². The summed E-state index contributed by atoms with van der Waals surface area (Å²) in [5.74, 6) is 0.110. The second-order valence-electron chi connectivity index (χ2n) is 5.65. The van der Waals surface area contributed by atoms with Crippen molar-refractivity contribution in [1.29, 1.82) is 0 Å². The van der Waals surface area contributed by atoms with Gasteiger partial charge >= 0.3 is 0 Å². The van der Waals surface area contributed by atoms with Gasteiger partial charge in [0.25, 0.3) is 0 Å². The van der Waals surface area contributed by atoms with E-state index < -0.39 is 15.4 Å². The normalized spacial score (nSPS) is 23.7. The Balaban J connectivity index is 1.61. The molecular formula is C13H16N4O3S2. The van der Waals surface area contributed by atoms with Gasteiger partial charge in [-0.05, 0) is 25.5 Å². The molecule has 0 aliphatic carbocycles. The van der Waals surface area contributed by atoms with Crippen molar-refractivity contribution in [3.63, 3.8) is 0 Å². The van der Waals surface area contributed by atoms with E-state index in [9.17, 15) is 13.2 Å². The number of aromatic nitrogens is 3. The van der Waals surface area contributed by atoms with Crippen LogP contribution < -0.4 is 5.32 Å². The minimum absolute atomic E-state index is 0.00424. The topological polar surface area (TPSA) is 93.4 Å². The minimum Gasteiger partial charge on any atom is -0.349 e. The van der Waals surface area contributed by atoms with Gasteiger partial charge in [-0.15, -0.1) is 10.2 Å². The number of sulfone groups is 1. The third kappa shape index (κ3) is 3.25. The first-order valence-corrected chi connectivity index (χ1v) is 9.62. The van der Waals surface area contributed by atoms with E-state index in [-0.39, 0.29) is 23.2 Å². The lowest BCUT2D eigenvalue weighted by Crippen LogP contribution is -2.47. The molecule has 1 aliphatic heterocycles. The number of nitrogens with one attached hydrogen (secondary N) is 1. The number of amides is 1. The van der Waals surface area contributed by atoms with E-state index in [0.717, 1.165) is 5.65 Å². The Kier molecular flexibility index (Phi) is 3.85. The molecule has 0 radical (unpaired) electrons. The predicted octanol–water partition coefficient (Wildman–Crippen LogP) is 0.515. The van der Waals surface area contributed by atoms with Gasteiger partial charge in [0.15, 0.2) is 20.6 Å². The summed E-state index contributed by atoms with van der Waals surface area (Å²) in [5.41, 5.74) is 0.0582. The van der Waals surface area contributed by atoms with Gasteiger partial charge < -0.3 is 5.32 Å². The Labute approximate surface area is 132 Å². The van der Waals surface area contributed by atoms with Crippen molar-refractivity contribution in [2.45, 2.75) is 24.0 Å². The van der Waals surface area contributed by atoms with Gasteiger partial charge in [0, 0.05) is 6.20 Å². The summed E-state index contributed by atoms with van der Waals surface area (Å²) in [6, 6.07) is 5.57. The molecule has 1 saturated heterocycles. The average Bonchev–Trinajstić information content (AvgIpc) is 2.97. The summed E-state index contributed by atoms with van der Waals surface area (Å²) in [4.78, 5) is 12.1. The Hall–Kier alpha value is -1.61. The fourth-order valence-corrected chi connectivity index (χ4v) is 5.35. The van der Waals surface area contributed by atoms with Crippen molar-refractivity contribution in [2.24, 2.45) is 0 Å². The summed E-state index contributed by atoms with van der Waals surface area (Å²) in [6.07, 6.45) is 2.29. The molecule has 0 saturated carbocycles. The van der Waals surface area contributed by atoms with Crippen molar-refractivity contribution in [3.05, 3.63) is 24.4 Å². The number of pyridine rings is 1. The van der Waals surface area contributed by atoms with Crippen molar-refractivity contribution in [2.75, 3.05) is 17.3 Å². The Morgan fingerprint density at radius 1 is 1.45 bits per heavy atom. The number of hydrogen-bond acceptors (Lipinski definition) is 6. The van der Waals surface area contributed by atoms with Crippen LogP contribution in [-0.4, -0.2) is 51.7 Å². The third-order valence-electron chi connectivity index (χ3n) is 3.56. The van der Waals surface area contributed by atoms with E-state index in [0.29, 0.717) is 11.6 Å². The highest BCUT2D eigenvalue weighted by Crippen LogP contribution is 2.23. The molecule has 7 nitrogen and oxygen atoms in total. The number of rotatable bonds is 4. The molecule has 0 unspecified atom stereocenters. The molecule has 0 aromatic carbocycles. The first kappa shape index (κ1) is 15.3. The predicted molar refractivity (Wildman–Crippen MR) is 83.5 cm³/mol. The molecule has 1 amide bonds. The van der Waals surface area contributed by atoms with Crippen LogP contribution in [0.4, 0.5) is 0 Å². The molecule has 9 heteroatoms. The summed E-state index contributed by atoms with van der Waals surface area (Å²) in [5, 5.41) is 11.5. The Bertz CT molecular complexity index is 818. The molecule has 2 aromatic rings. The Morgan fingerprint density at radius 2 is 2.27 bits per heavy atom. The van der Waals surface area contributed by atoms with Crippen LogP contribution in [0, 0.1) is 0 Å². The SMILES string of the molecule is C[C@]1(NC(=O)CSc2nnc3ccccn23)CCS(=O)(=O)C1. The molecule has 0 spiro atoms. The van der Waals surface area contributed by atoms with Crippen LogP contribution in [0.3, 0.4) is 0 Å². The molecule has 2 aromatic heterocycles. The van der Waals surface area contributed by atoms with E-state index in [1.165, 1.54) is 11.8 Å². The van der Waals surface area contributed by atoms with Crippen LogP contribution in [0.25, 0.3) is 5.65 Å². The molecule has 0 bridgehead atoms. The highest BCUT2D eigenvalue weighted by molar-refractivity contribution is 7.99. The largest absolute Gasteiger partial charge is 0.349 e. The third-order valence-corrected chi connectivity index (χ3v) is 6.41. The quantitative estimate of drug-likeness (QED) is 0.816. The molecule has 1 N–H and O–H groups in total. The fraction of sp³-hybridized carbons (Fsp3) is 0.462. The van der Waals surface area contributed by atoms with Crippen molar-refractivity contribution in [3.8, 4) is 0 Å². The van der Waals surface area contributed by atoms with Crippen LogP contribution in [-0.2, 0) is 14.6 Å². The number of nitrogens with zero attached hydrogens (tertiary/aromatic N) is 3. The minimum atomic E-state index is -3.03. The summed E-state index contributed by atoms with van der Waals surface area (Å²) in [6.45, 7) is 1.77. The zero-order chi connectivity index (χ0) is 15.8. The van der Waals surface area contributed by atoms with Crippen LogP contribution in [0.5, 0.6) is 0 Å². The van der Waals surface area contributed by atoms with Crippen LogP contribution >= 0.6 is 11.8 Å². The molecule has 3 heterocycles. The fourth-order valence-electron chi connectivity index (χ4n) is 2.53. The van der Waals surface area contributed by atoms with E-state index in [1.54, 1.807) is 11.3 Å². The molecular weight excluding hydrogens is 324 g/mol. The zero-order valence-electron chi connectivity index (χ0n) is 12.0. The number of hydrogen-bond donors (Lipinski definition) is 1. The Morgan fingerprint density at radius 3 is 3.00 bits per heavy atom. The van der Waals surface area contributed by atoms with Gasteiger partial charge in [0.2, 0.25) is 5.91 Å². The number of fused-ring (bicyclic) bond motifs is 1. The van der Waals surface area contributed by atoms with Crippen molar-refractivity contribution < 1.29 is 13.2 Å². The van der Waals surface area contributed by atoms with Gasteiger partial charge in [-0.1, -0.05) is 17.8 Å². The number of carbonyl (C=O) groups is 1. The van der Waals surface area contributed by atoms with Gasteiger partial charge in [0.05, 0.1) is 22.8 Å². The van der Waals surface area contributed by atoms with Gasteiger partial charge in [-0.25, -0.2) is 8.42 Å². The molecule has 118 valence electrons. The second kappa shape index (κ2) is 5.54. The first-order valence-electron chi connectivity index (χ1n) is 6.81. The highest BCUT2D eigenvalue weighted by Gasteiger charge is 2.39. The van der Waals surface area contributed by atoms with E-state index in [2.05, 4.69) is 15.5 Å². The lowest BCUT2D eigenvalue weighted by Gasteiger charge is -2.23. The number of carbonyl (C=O) groups excluding carboxylic acids is 1. The lowest BCUT2D eigenvalue weighted by molar-refractivity contribution is -0.120. The molecule has 1 aliphatic rings. The highest BCUT2D eigenvalue weighted by atomic mass is 32.2. The number of thioether (sulfide) groups is 1. The summed E-state index contributed by atoms with van der Waals surface area (Å²) < 4.78 is 24.9. The maximum Gasteiger partial charge on any atom is 0.230 e. The van der Waals surface area contributed by atoms with Crippen LogP contribution in [0.1, 0.15) is 13.3 Å². The molecule has 3 rings (SSSR count). The maximum atomic E-state index is 12.1. The van der Waals surface area contributed by atoms with Crippen molar-refractivity contribution in [1.82, 2.24) is 19.9 Å². The van der Waals surface area contributed by atoms with Crippen LogP contribution in [0.15, 0.2) is 29.6 Å². The second-order valence-corrected chi connectivity index (χ2v) is 8.78. The smallest absolute Gasteiger partial charge is 0.230 e.